The number of benzene rings is 3. The molecule has 0 aliphatic rings. The first-order chi connectivity index (χ1) is 12.6. The van der Waals surface area contributed by atoms with Gasteiger partial charge in [0.05, 0.1) is 0 Å². The van der Waals surface area contributed by atoms with E-state index in [2.05, 4.69) is 0 Å². The summed E-state index contributed by atoms with van der Waals surface area (Å²) in [6.45, 7) is 1.56. The zero-order valence-corrected chi connectivity index (χ0v) is 15.1. The van der Waals surface area contributed by atoms with Gasteiger partial charge in [-0.3, -0.25) is 4.79 Å². The molecule has 0 aliphatic carbocycles. The highest BCUT2D eigenvalue weighted by molar-refractivity contribution is 6.30. The molecule has 0 bridgehead atoms. The van der Waals surface area contributed by atoms with Crippen LogP contribution < -0.4 is 4.74 Å². The summed E-state index contributed by atoms with van der Waals surface area (Å²) >= 11 is 5.94. The van der Waals surface area contributed by atoms with Crippen molar-refractivity contribution >= 4 is 17.6 Å². The van der Waals surface area contributed by atoms with Crippen LogP contribution in [0, 0.1) is 0 Å². The van der Waals surface area contributed by atoms with Crippen molar-refractivity contribution < 1.29 is 14.3 Å². The average Bonchev–Trinajstić information content (AvgIpc) is 2.67. The molecule has 26 heavy (non-hydrogen) atoms. The molecule has 3 aromatic rings. The maximum Gasteiger partial charge on any atom is 0.302 e. The number of carbonyl (C=O) groups is 1. The fourth-order valence-corrected chi connectivity index (χ4v) is 2.72. The third-order valence-corrected chi connectivity index (χ3v) is 4.17. The Morgan fingerprint density at radius 3 is 2.04 bits per heavy atom. The van der Waals surface area contributed by atoms with E-state index in [-0.39, 0.29) is 18.7 Å². The maximum atomic E-state index is 11.2. The Kier molecular flexibility index (Phi) is 5.92. The van der Waals surface area contributed by atoms with Gasteiger partial charge in [-0.25, -0.2) is 0 Å². The number of hydrogen-bond acceptors (Lipinski definition) is 3. The van der Waals surface area contributed by atoms with Gasteiger partial charge in [0, 0.05) is 11.9 Å². The van der Waals surface area contributed by atoms with E-state index in [0.29, 0.717) is 10.8 Å². The van der Waals surface area contributed by atoms with Crippen molar-refractivity contribution in [2.24, 2.45) is 0 Å². The van der Waals surface area contributed by atoms with Gasteiger partial charge in [-0.05, 0) is 41.0 Å². The van der Waals surface area contributed by atoms with Gasteiger partial charge in [0.2, 0.25) is 0 Å². The molecular weight excluding hydrogens is 348 g/mol. The van der Waals surface area contributed by atoms with Gasteiger partial charge in [-0.15, -0.1) is 0 Å². The Labute approximate surface area is 158 Å². The first kappa shape index (κ1) is 18.0. The van der Waals surface area contributed by atoms with Crippen molar-refractivity contribution in [3.05, 3.63) is 89.4 Å². The first-order valence-electron chi connectivity index (χ1n) is 8.33. The highest BCUT2D eigenvalue weighted by Crippen LogP contribution is 2.27. The Bertz CT molecular complexity index is 843. The monoisotopic (exact) mass is 366 g/mol. The third-order valence-electron chi connectivity index (χ3n) is 3.92. The minimum Gasteiger partial charge on any atom is -0.482 e. The van der Waals surface area contributed by atoms with Gasteiger partial charge in [0.1, 0.15) is 12.4 Å². The van der Waals surface area contributed by atoms with Gasteiger partial charge >= 0.3 is 5.97 Å². The lowest BCUT2D eigenvalue weighted by atomic mass is 10.1. The van der Waals surface area contributed by atoms with E-state index in [1.165, 1.54) is 6.92 Å². The van der Waals surface area contributed by atoms with Crippen LogP contribution in [0.5, 0.6) is 5.75 Å². The second kappa shape index (κ2) is 8.54. The molecule has 3 aromatic carbocycles. The van der Waals surface area contributed by atoms with E-state index in [1.807, 2.05) is 78.9 Å². The molecule has 3 nitrogen and oxygen atoms in total. The largest absolute Gasteiger partial charge is 0.482 e. The Balaban J connectivity index is 1.76. The van der Waals surface area contributed by atoms with Crippen LogP contribution in [0.4, 0.5) is 0 Å². The van der Waals surface area contributed by atoms with Crippen LogP contribution in [0.3, 0.4) is 0 Å². The molecule has 0 N–H and O–H groups in total. The summed E-state index contributed by atoms with van der Waals surface area (Å²) in [5.41, 5.74) is 3.11. The summed E-state index contributed by atoms with van der Waals surface area (Å²) in [6.07, 6.45) is -0.360. The van der Waals surface area contributed by atoms with Crippen LogP contribution in [0.2, 0.25) is 5.02 Å². The summed E-state index contributed by atoms with van der Waals surface area (Å²) in [4.78, 5) is 11.2. The van der Waals surface area contributed by atoms with Crippen LogP contribution in [0.25, 0.3) is 11.1 Å². The molecule has 132 valence electrons. The van der Waals surface area contributed by atoms with E-state index >= 15 is 0 Å². The summed E-state index contributed by atoms with van der Waals surface area (Å²) in [6, 6.07) is 25.2. The quantitative estimate of drug-likeness (QED) is 0.526. The summed E-state index contributed by atoms with van der Waals surface area (Å²) < 4.78 is 11.2. The van der Waals surface area contributed by atoms with Gasteiger partial charge in [0.15, 0.2) is 6.10 Å². The standard InChI is InChI=1S/C22H19ClO3/c1-16(24)25-15-22(19-5-3-2-4-6-19)26-21-13-9-18(10-14-21)17-7-11-20(23)12-8-17/h2-14,22H,15H2,1H3. The van der Waals surface area contributed by atoms with Crippen molar-refractivity contribution in [3.63, 3.8) is 0 Å². The smallest absolute Gasteiger partial charge is 0.302 e. The van der Waals surface area contributed by atoms with E-state index < -0.39 is 0 Å². The fraction of sp³-hybridized carbons (Fsp3) is 0.136. The topological polar surface area (TPSA) is 35.5 Å². The molecule has 0 heterocycles. The molecule has 0 aliphatic heterocycles. The minimum atomic E-state index is -0.360. The van der Waals surface area contributed by atoms with E-state index in [1.54, 1.807) is 0 Å². The number of esters is 1. The molecular formula is C22H19ClO3. The van der Waals surface area contributed by atoms with E-state index in [9.17, 15) is 4.79 Å². The van der Waals surface area contributed by atoms with Crippen molar-refractivity contribution in [1.29, 1.82) is 0 Å². The predicted molar refractivity (Wildman–Crippen MR) is 103 cm³/mol. The molecule has 0 radical (unpaired) electrons. The molecule has 0 saturated carbocycles. The molecule has 0 fully saturated rings. The van der Waals surface area contributed by atoms with Gasteiger partial charge in [-0.1, -0.05) is 66.2 Å². The molecule has 1 atom stereocenters. The lowest BCUT2D eigenvalue weighted by molar-refractivity contribution is -0.143. The second-order valence-electron chi connectivity index (χ2n) is 5.85. The second-order valence-corrected chi connectivity index (χ2v) is 6.29. The molecule has 0 saturated heterocycles. The number of hydrogen-bond donors (Lipinski definition) is 0. The minimum absolute atomic E-state index is 0.165. The van der Waals surface area contributed by atoms with E-state index in [4.69, 9.17) is 21.1 Å². The zero-order chi connectivity index (χ0) is 18.4. The van der Waals surface area contributed by atoms with Crippen molar-refractivity contribution in [2.45, 2.75) is 13.0 Å². The van der Waals surface area contributed by atoms with Crippen LogP contribution in [0.15, 0.2) is 78.9 Å². The molecule has 0 spiro atoms. The molecule has 3 rings (SSSR count). The highest BCUT2D eigenvalue weighted by atomic mass is 35.5. The van der Waals surface area contributed by atoms with Gasteiger partial charge < -0.3 is 9.47 Å². The predicted octanol–water partition coefficient (Wildman–Crippen LogP) is 5.69. The molecule has 4 heteroatoms. The van der Waals surface area contributed by atoms with Crippen LogP contribution in [-0.2, 0) is 9.53 Å². The third kappa shape index (κ3) is 4.87. The lowest BCUT2D eigenvalue weighted by Gasteiger charge is -2.19. The number of carbonyl (C=O) groups excluding carboxylic acids is 1. The highest BCUT2D eigenvalue weighted by Gasteiger charge is 2.15. The molecule has 1 unspecified atom stereocenters. The normalized spacial score (nSPS) is 11.6. The fourth-order valence-electron chi connectivity index (χ4n) is 2.59. The van der Waals surface area contributed by atoms with Crippen molar-refractivity contribution in [1.82, 2.24) is 0 Å². The van der Waals surface area contributed by atoms with Gasteiger partial charge in [0.25, 0.3) is 0 Å². The average molecular weight is 367 g/mol. The van der Waals surface area contributed by atoms with Crippen LogP contribution in [-0.4, -0.2) is 12.6 Å². The Morgan fingerprint density at radius 1 is 0.885 bits per heavy atom. The molecule has 0 aromatic heterocycles. The number of rotatable bonds is 6. The SMILES string of the molecule is CC(=O)OCC(Oc1ccc(-c2ccc(Cl)cc2)cc1)c1ccccc1. The Morgan fingerprint density at radius 2 is 1.46 bits per heavy atom. The van der Waals surface area contributed by atoms with Crippen LogP contribution >= 0.6 is 11.6 Å². The first-order valence-corrected chi connectivity index (χ1v) is 8.70. The number of halogens is 1. The molecule has 0 amide bonds. The van der Waals surface area contributed by atoms with E-state index in [0.717, 1.165) is 16.7 Å². The zero-order valence-electron chi connectivity index (χ0n) is 14.4. The summed E-state index contributed by atoms with van der Waals surface area (Å²) in [5, 5.41) is 0.713. The number of ether oxygens (including phenoxy) is 2. The maximum absolute atomic E-state index is 11.2. The Hall–Kier alpha value is -2.78. The summed E-state index contributed by atoms with van der Waals surface area (Å²) in [5.74, 6) is 0.385. The van der Waals surface area contributed by atoms with Crippen LogP contribution in [0.1, 0.15) is 18.6 Å². The van der Waals surface area contributed by atoms with Crippen molar-refractivity contribution in [3.8, 4) is 16.9 Å². The lowest BCUT2D eigenvalue weighted by Crippen LogP contribution is -2.16. The summed E-state index contributed by atoms with van der Waals surface area (Å²) in [7, 11) is 0. The van der Waals surface area contributed by atoms with Gasteiger partial charge in [-0.2, -0.15) is 0 Å². The van der Waals surface area contributed by atoms with Crippen molar-refractivity contribution in [2.75, 3.05) is 6.61 Å².